The topological polar surface area (TPSA) is 119 Å². The minimum Gasteiger partial charge on any atom is -0.364 e. The monoisotopic (exact) mass is 376 g/mol. The minimum absolute atomic E-state index is 0.115. The molecular formula is C15H10N3O5S2. The van der Waals surface area contributed by atoms with E-state index in [0.717, 1.165) is 6.26 Å². The zero-order valence-corrected chi connectivity index (χ0v) is 14.4. The molecule has 0 atom stereocenters. The van der Waals surface area contributed by atoms with Crippen LogP contribution in [0.25, 0.3) is 10.9 Å². The molecule has 0 N–H and O–H groups in total. The molecule has 0 fully saturated rings. The highest BCUT2D eigenvalue weighted by Crippen LogP contribution is 2.26. The van der Waals surface area contributed by atoms with Crippen LogP contribution in [0.4, 0.5) is 0 Å². The summed E-state index contributed by atoms with van der Waals surface area (Å²) in [5.74, 6) is -0.352. The van der Waals surface area contributed by atoms with Crippen molar-refractivity contribution in [3.8, 4) is 11.8 Å². The van der Waals surface area contributed by atoms with Crippen LogP contribution in [0, 0.1) is 17.4 Å². The predicted octanol–water partition coefficient (Wildman–Crippen LogP) is 1.28. The van der Waals surface area contributed by atoms with Gasteiger partial charge in [0.2, 0.25) is 0 Å². The van der Waals surface area contributed by atoms with Gasteiger partial charge in [0.1, 0.15) is 11.0 Å². The maximum Gasteiger partial charge on any atom is 0.429 e. The lowest BCUT2D eigenvalue weighted by molar-refractivity contribution is 0.464. The quantitative estimate of drug-likeness (QED) is 0.673. The van der Waals surface area contributed by atoms with Crippen molar-refractivity contribution in [2.45, 2.75) is 4.90 Å². The highest BCUT2D eigenvalue weighted by atomic mass is 32.2. The van der Waals surface area contributed by atoms with Crippen molar-refractivity contribution in [2.75, 3.05) is 6.26 Å². The molecule has 25 heavy (non-hydrogen) atoms. The number of para-hydroxylation sites is 1. The van der Waals surface area contributed by atoms with E-state index in [-0.39, 0.29) is 27.2 Å². The van der Waals surface area contributed by atoms with Crippen molar-refractivity contribution < 1.29 is 21.0 Å². The number of hydrogen-bond acceptors (Lipinski definition) is 7. The van der Waals surface area contributed by atoms with Crippen molar-refractivity contribution in [2.24, 2.45) is 0 Å². The summed E-state index contributed by atoms with van der Waals surface area (Å²) in [4.78, 5) is -0.274. The number of nitriles is 1. The molecule has 1 aromatic heterocycles. The molecule has 0 unspecified atom stereocenters. The number of benzene rings is 2. The molecule has 1 heterocycles. The number of rotatable bonds is 4. The lowest BCUT2D eigenvalue weighted by Crippen LogP contribution is -2.21. The molecular weight excluding hydrogens is 366 g/mol. The fourth-order valence-electron chi connectivity index (χ4n) is 2.20. The molecule has 3 aromatic rings. The van der Waals surface area contributed by atoms with Gasteiger partial charge in [0.15, 0.2) is 21.3 Å². The first-order valence-electron chi connectivity index (χ1n) is 6.77. The van der Waals surface area contributed by atoms with Gasteiger partial charge in [0.05, 0.1) is 5.52 Å². The van der Waals surface area contributed by atoms with Gasteiger partial charge in [-0.25, -0.2) is 8.42 Å². The highest BCUT2D eigenvalue weighted by Gasteiger charge is 2.25. The molecule has 0 saturated carbocycles. The van der Waals surface area contributed by atoms with E-state index in [4.69, 9.17) is 9.44 Å². The second-order valence-electron chi connectivity index (χ2n) is 5.01. The summed E-state index contributed by atoms with van der Waals surface area (Å²) in [5.41, 5.74) is 0.00237. The average molecular weight is 376 g/mol. The Hall–Kier alpha value is -2.90. The fourth-order valence-corrected chi connectivity index (χ4v) is 4.08. The van der Waals surface area contributed by atoms with Gasteiger partial charge in [0.25, 0.3) is 0 Å². The third kappa shape index (κ3) is 3.07. The summed E-state index contributed by atoms with van der Waals surface area (Å²) in [6.07, 6.45) is 0.939. The Labute approximate surface area is 144 Å². The van der Waals surface area contributed by atoms with Crippen molar-refractivity contribution in [3.63, 3.8) is 0 Å². The molecule has 0 bridgehead atoms. The van der Waals surface area contributed by atoms with Gasteiger partial charge in [-0.15, -0.1) is 9.19 Å². The Morgan fingerprint density at radius 1 is 1.20 bits per heavy atom. The zero-order chi connectivity index (χ0) is 18.2. The summed E-state index contributed by atoms with van der Waals surface area (Å²) in [6, 6.07) is 14.2. The van der Waals surface area contributed by atoms with Crippen LogP contribution in [-0.4, -0.2) is 32.3 Å². The van der Waals surface area contributed by atoms with Gasteiger partial charge in [-0.1, -0.05) is 18.2 Å². The van der Waals surface area contributed by atoms with E-state index in [1.54, 1.807) is 6.07 Å². The lowest BCUT2D eigenvalue weighted by atomic mass is 10.2. The molecule has 0 aliphatic carbocycles. The number of nitrogens with zero attached hydrogens (tertiary/aromatic N) is 3. The van der Waals surface area contributed by atoms with Gasteiger partial charge in [-0.05, 0) is 30.3 Å². The predicted molar refractivity (Wildman–Crippen MR) is 87.8 cm³/mol. The maximum absolute atomic E-state index is 12.6. The number of sulfone groups is 1. The van der Waals surface area contributed by atoms with Gasteiger partial charge < -0.3 is 4.18 Å². The normalized spacial score (nSPS) is 12.0. The second-order valence-corrected chi connectivity index (χ2v) is 8.36. The van der Waals surface area contributed by atoms with Crippen LogP contribution in [-0.2, 0) is 20.1 Å². The summed E-state index contributed by atoms with van der Waals surface area (Å²) in [5, 5.41) is 13.1. The van der Waals surface area contributed by atoms with Crippen molar-refractivity contribution in [3.05, 3.63) is 54.2 Å². The molecule has 127 valence electrons. The first-order chi connectivity index (χ1) is 11.7. The van der Waals surface area contributed by atoms with Crippen molar-refractivity contribution in [1.29, 1.82) is 5.26 Å². The smallest absolute Gasteiger partial charge is 0.364 e. The van der Waals surface area contributed by atoms with Gasteiger partial charge >= 0.3 is 10.3 Å². The molecule has 0 saturated heterocycles. The minimum atomic E-state index is -4.54. The van der Waals surface area contributed by atoms with Gasteiger partial charge in [-0.2, -0.15) is 13.7 Å². The van der Waals surface area contributed by atoms with Crippen LogP contribution >= 0.6 is 0 Å². The van der Waals surface area contributed by atoms with E-state index in [0.29, 0.717) is 4.09 Å². The third-order valence-corrected chi connectivity index (χ3v) is 5.48. The van der Waals surface area contributed by atoms with Crippen LogP contribution in [0.2, 0.25) is 0 Å². The van der Waals surface area contributed by atoms with E-state index < -0.39 is 20.1 Å². The molecule has 8 nitrogen and oxygen atoms in total. The largest absolute Gasteiger partial charge is 0.429 e. The molecule has 2 aromatic carbocycles. The molecule has 0 aliphatic rings. The lowest BCUT2D eigenvalue weighted by Gasteiger charge is -2.10. The highest BCUT2D eigenvalue weighted by molar-refractivity contribution is 7.91. The standard InChI is InChI=1S/C15H10N3O5S2/c1-24(19,20)15-9-5-4-8-14(15)23-25(21,22)18-13-7-3-2-6-11(13)12(10-16)17-18/h3-9H,1H3. The van der Waals surface area contributed by atoms with E-state index in [1.807, 2.05) is 0 Å². The number of hydrogen-bond donors (Lipinski definition) is 0. The second kappa shape index (κ2) is 5.87. The summed E-state index contributed by atoms with van der Waals surface area (Å²) in [6.45, 7) is 0. The van der Waals surface area contributed by atoms with Crippen molar-refractivity contribution >= 4 is 31.0 Å². The maximum atomic E-state index is 12.6. The number of aromatic nitrogens is 2. The summed E-state index contributed by atoms with van der Waals surface area (Å²) < 4.78 is 54.3. The average Bonchev–Trinajstić information content (AvgIpc) is 2.94. The van der Waals surface area contributed by atoms with Gasteiger partial charge in [0, 0.05) is 11.6 Å². The molecule has 1 radical (unpaired) electrons. The first kappa shape index (κ1) is 16.9. The first-order valence-corrected chi connectivity index (χ1v) is 10.0. The van der Waals surface area contributed by atoms with Gasteiger partial charge in [-0.3, -0.25) is 0 Å². The van der Waals surface area contributed by atoms with Crippen LogP contribution in [0.15, 0.2) is 47.4 Å². The Morgan fingerprint density at radius 2 is 1.92 bits per heavy atom. The van der Waals surface area contributed by atoms with E-state index in [2.05, 4.69) is 11.2 Å². The zero-order valence-electron chi connectivity index (χ0n) is 12.7. The van der Waals surface area contributed by atoms with E-state index in [1.165, 1.54) is 42.5 Å². The molecule has 0 amide bonds. The third-order valence-electron chi connectivity index (χ3n) is 3.25. The van der Waals surface area contributed by atoms with Crippen LogP contribution in [0.5, 0.6) is 5.75 Å². The van der Waals surface area contributed by atoms with Crippen molar-refractivity contribution in [1.82, 2.24) is 9.19 Å². The number of fused-ring (bicyclic) bond motifs is 1. The van der Waals surface area contributed by atoms with E-state index in [9.17, 15) is 16.8 Å². The Bertz CT molecular complexity index is 1220. The molecule has 0 spiro atoms. The Kier molecular flexibility index (Phi) is 3.98. The molecule has 0 aliphatic heterocycles. The Balaban J connectivity index is 2.16. The van der Waals surface area contributed by atoms with Crippen LogP contribution < -0.4 is 4.18 Å². The van der Waals surface area contributed by atoms with Crippen LogP contribution in [0.1, 0.15) is 5.69 Å². The Morgan fingerprint density at radius 3 is 2.60 bits per heavy atom. The fraction of sp³-hybridized carbons (Fsp3) is 0.0667. The molecule has 3 rings (SSSR count). The van der Waals surface area contributed by atoms with Crippen LogP contribution in [0.3, 0.4) is 0 Å². The van der Waals surface area contributed by atoms with E-state index >= 15 is 0 Å². The summed E-state index contributed by atoms with van der Waals surface area (Å²) >= 11 is 0. The molecule has 10 heteroatoms. The SMILES string of the molecule is CS(=O)(=O)c1ccccc1OS(=O)(=O)n1nc(C#N)c2c[c]ccc21. The summed E-state index contributed by atoms with van der Waals surface area (Å²) in [7, 11) is -8.24.